The Hall–Kier alpha value is -2.97. The van der Waals surface area contributed by atoms with Gasteiger partial charge in [0.15, 0.2) is 5.16 Å². The number of aromatic nitrogens is 3. The lowest BCUT2D eigenvalue weighted by Crippen LogP contribution is -2.44. The van der Waals surface area contributed by atoms with Gasteiger partial charge in [0.25, 0.3) is 5.91 Å². The smallest absolute Gasteiger partial charge is 0.251 e. The quantitative estimate of drug-likeness (QED) is 0.406. The normalized spacial score (nSPS) is 14.3. The topological polar surface area (TPSA) is 74.2 Å². The van der Waals surface area contributed by atoms with Crippen LogP contribution in [0, 0.1) is 0 Å². The lowest BCUT2D eigenvalue weighted by Gasteiger charge is -2.33. The number of likely N-dealkylation sites (N-methyl/N-ethyl adjacent to an activating group) is 1. The molecule has 0 spiro atoms. The largest absolute Gasteiger partial charge is 0.354 e. The summed E-state index contributed by atoms with van der Waals surface area (Å²) in [4.78, 5) is 30.9. The first-order valence-corrected chi connectivity index (χ1v) is 12.3. The summed E-state index contributed by atoms with van der Waals surface area (Å²) in [6.45, 7) is 6.64. The van der Waals surface area contributed by atoms with E-state index in [1.165, 1.54) is 0 Å². The maximum atomic E-state index is 12.6. The van der Waals surface area contributed by atoms with Crippen LogP contribution in [0.1, 0.15) is 34.1 Å². The second kappa shape index (κ2) is 11.2. The lowest BCUT2D eigenvalue weighted by atomic mass is 10.1. The summed E-state index contributed by atoms with van der Waals surface area (Å²) in [5, 5.41) is 3.75. The van der Waals surface area contributed by atoms with Gasteiger partial charge in [-0.05, 0) is 42.8 Å². The van der Waals surface area contributed by atoms with E-state index in [0.29, 0.717) is 17.9 Å². The number of benzene rings is 1. The van der Waals surface area contributed by atoms with Gasteiger partial charge in [-0.2, -0.15) is 0 Å². The molecule has 7 nitrogen and oxygen atoms in total. The van der Waals surface area contributed by atoms with Gasteiger partial charge in [-0.15, -0.1) is 0 Å². The van der Waals surface area contributed by atoms with Gasteiger partial charge in [-0.25, -0.2) is 9.97 Å². The van der Waals surface area contributed by atoms with Gasteiger partial charge in [0.2, 0.25) is 0 Å². The Bertz CT molecular complexity index is 1070. The number of thioether (sulfide) groups is 1. The molecule has 172 valence electrons. The third-order valence-corrected chi connectivity index (χ3v) is 6.59. The van der Waals surface area contributed by atoms with E-state index >= 15 is 0 Å². The fourth-order valence-electron chi connectivity index (χ4n) is 3.64. The van der Waals surface area contributed by atoms with Crippen LogP contribution in [0.2, 0.25) is 0 Å². The highest BCUT2D eigenvalue weighted by Gasteiger charge is 2.17. The molecule has 1 N–H and O–H groups in total. The fraction of sp³-hybridized carbons (Fsp3) is 0.360. The average molecular weight is 463 g/mol. The number of aryl methyl sites for hydroxylation is 1. The predicted octanol–water partition coefficient (Wildman–Crippen LogP) is 3.41. The molecule has 0 saturated carbocycles. The molecule has 1 aliphatic heterocycles. The Kier molecular flexibility index (Phi) is 7.91. The zero-order valence-corrected chi connectivity index (χ0v) is 20.0. The van der Waals surface area contributed by atoms with E-state index in [2.05, 4.69) is 40.1 Å². The number of pyridine rings is 1. The molecule has 0 radical (unpaired) electrons. The first-order valence-electron chi connectivity index (χ1n) is 11.3. The maximum absolute atomic E-state index is 12.6. The molecular weight excluding hydrogens is 432 g/mol. The second-order valence-corrected chi connectivity index (χ2v) is 9.12. The first-order chi connectivity index (χ1) is 16.1. The Morgan fingerprint density at radius 3 is 2.64 bits per heavy atom. The van der Waals surface area contributed by atoms with Crippen molar-refractivity contribution < 1.29 is 4.79 Å². The van der Waals surface area contributed by atoms with Crippen molar-refractivity contribution in [2.24, 2.45) is 0 Å². The number of carbonyl (C=O) groups is 1. The number of nitrogens with zero attached hydrogens (tertiary/aromatic N) is 5. The summed E-state index contributed by atoms with van der Waals surface area (Å²) in [6.07, 6.45) is 4.36. The summed E-state index contributed by atoms with van der Waals surface area (Å²) in [5.74, 6) is 1.63. The molecule has 0 aliphatic carbocycles. The van der Waals surface area contributed by atoms with E-state index in [-0.39, 0.29) is 5.91 Å². The van der Waals surface area contributed by atoms with Crippen molar-refractivity contribution in [3.05, 3.63) is 77.2 Å². The monoisotopic (exact) mass is 462 g/mol. The highest BCUT2D eigenvalue weighted by molar-refractivity contribution is 7.98. The van der Waals surface area contributed by atoms with Gasteiger partial charge >= 0.3 is 0 Å². The summed E-state index contributed by atoms with van der Waals surface area (Å²) in [5.41, 5.74) is 3.76. The standard InChI is InChI=1S/C25H30N6OS/c1-3-22-15-23(31-12-10-30(2)11-13-31)29-25(28-22)33-18-19-6-4-8-21(14-19)24(32)27-17-20-7-5-9-26-16-20/h4-9,14-16H,3,10-13,17-18H2,1-2H3,(H,27,32). The summed E-state index contributed by atoms with van der Waals surface area (Å²) >= 11 is 1.61. The van der Waals surface area contributed by atoms with Crippen LogP contribution >= 0.6 is 11.8 Å². The van der Waals surface area contributed by atoms with Crippen LogP contribution in [0.15, 0.2) is 60.0 Å². The Balaban J connectivity index is 1.39. The van der Waals surface area contributed by atoms with E-state index < -0.39 is 0 Å². The number of rotatable bonds is 8. The molecule has 2 aromatic heterocycles. The minimum atomic E-state index is -0.0905. The Labute approximate surface area is 199 Å². The minimum absolute atomic E-state index is 0.0905. The fourth-order valence-corrected chi connectivity index (χ4v) is 4.46. The molecule has 33 heavy (non-hydrogen) atoms. The lowest BCUT2D eigenvalue weighted by molar-refractivity contribution is 0.0951. The molecule has 1 saturated heterocycles. The number of nitrogens with one attached hydrogen (secondary N) is 1. The minimum Gasteiger partial charge on any atom is -0.354 e. The van der Waals surface area contributed by atoms with Crippen LogP contribution in [0.5, 0.6) is 0 Å². The third kappa shape index (κ3) is 6.52. The van der Waals surface area contributed by atoms with Crippen molar-refractivity contribution in [2.45, 2.75) is 30.8 Å². The molecular formula is C25H30N6OS. The van der Waals surface area contributed by atoms with Crippen LogP contribution in [0.25, 0.3) is 0 Å². The van der Waals surface area contributed by atoms with Crippen molar-refractivity contribution in [1.29, 1.82) is 0 Å². The highest BCUT2D eigenvalue weighted by Crippen LogP contribution is 2.24. The van der Waals surface area contributed by atoms with Crippen molar-refractivity contribution in [3.63, 3.8) is 0 Å². The van der Waals surface area contributed by atoms with Crippen LogP contribution in [-0.2, 0) is 18.7 Å². The van der Waals surface area contributed by atoms with Gasteiger partial charge in [-0.3, -0.25) is 9.78 Å². The van der Waals surface area contributed by atoms with Gasteiger partial charge in [0.1, 0.15) is 5.82 Å². The van der Waals surface area contributed by atoms with E-state index in [1.807, 2.05) is 36.4 Å². The van der Waals surface area contributed by atoms with Crippen molar-refractivity contribution in [2.75, 3.05) is 38.1 Å². The molecule has 1 aliphatic rings. The molecule has 8 heteroatoms. The Morgan fingerprint density at radius 1 is 1.06 bits per heavy atom. The maximum Gasteiger partial charge on any atom is 0.251 e. The number of hydrogen-bond donors (Lipinski definition) is 1. The van der Waals surface area contributed by atoms with E-state index in [9.17, 15) is 4.79 Å². The number of anilines is 1. The van der Waals surface area contributed by atoms with Crippen LogP contribution in [-0.4, -0.2) is 59.0 Å². The summed E-state index contributed by atoms with van der Waals surface area (Å²) < 4.78 is 0. The molecule has 4 rings (SSSR count). The Morgan fingerprint density at radius 2 is 1.88 bits per heavy atom. The van der Waals surface area contributed by atoms with Gasteiger partial charge < -0.3 is 15.1 Å². The number of hydrogen-bond acceptors (Lipinski definition) is 7. The van der Waals surface area contributed by atoms with Crippen LogP contribution in [0.4, 0.5) is 5.82 Å². The molecule has 1 aromatic carbocycles. The van der Waals surface area contributed by atoms with Gasteiger partial charge in [0.05, 0.1) is 0 Å². The summed E-state index contributed by atoms with van der Waals surface area (Å²) in [6, 6.07) is 13.7. The van der Waals surface area contributed by atoms with Crippen LogP contribution in [0.3, 0.4) is 0 Å². The molecule has 0 atom stereocenters. The first kappa shape index (κ1) is 23.2. The summed E-state index contributed by atoms with van der Waals surface area (Å²) in [7, 11) is 2.16. The zero-order valence-electron chi connectivity index (χ0n) is 19.2. The molecule has 1 fully saturated rings. The second-order valence-electron chi connectivity index (χ2n) is 8.18. The number of piperazine rings is 1. The molecule has 0 bridgehead atoms. The highest BCUT2D eigenvalue weighted by atomic mass is 32.2. The van der Waals surface area contributed by atoms with Crippen molar-refractivity contribution in [1.82, 2.24) is 25.2 Å². The third-order valence-electron chi connectivity index (χ3n) is 5.67. The van der Waals surface area contributed by atoms with Crippen molar-refractivity contribution >= 4 is 23.5 Å². The van der Waals surface area contributed by atoms with E-state index in [0.717, 1.165) is 60.4 Å². The SMILES string of the molecule is CCc1cc(N2CCN(C)CC2)nc(SCc2cccc(C(=O)NCc3cccnc3)c2)n1. The van der Waals surface area contributed by atoms with E-state index in [1.54, 1.807) is 24.2 Å². The number of amides is 1. The van der Waals surface area contributed by atoms with Crippen molar-refractivity contribution in [3.8, 4) is 0 Å². The van der Waals surface area contributed by atoms with E-state index in [4.69, 9.17) is 9.97 Å². The number of carbonyl (C=O) groups excluding carboxylic acids is 1. The van der Waals surface area contributed by atoms with Gasteiger partial charge in [-0.1, -0.05) is 36.9 Å². The average Bonchev–Trinajstić information content (AvgIpc) is 2.87. The predicted molar refractivity (Wildman–Crippen MR) is 133 cm³/mol. The molecule has 3 aromatic rings. The molecule has 0 unspecified atom stereocenters. The molecule has 3 heterocycles. The molecule has 1 amide bonds. The zero-order chi connectivity index (χ0) is 23.0. The van der Waals surface area contributed by atoms with Crippen LogP contribution < -0.4 is 10.2 Å². The van der Waals surface area contributed by atoms with Gasteiger partial charge in [0, 0.05) is 68.2 Å².